The molecule has 3 aromatic rings. The summed E-state index contributed by atoms with van der Waals surface area (Å²) >= 11 is 0. The molecular weight excluding hydrogens is 417 g/mol. The first-order chi connectivity index (χ1) is 16.1. The van der Waals surface area contributed by atoms with Crippen molar-refractivity contribution in [2.24, 2.45) is 0 Å². The van der Waals surface area contributed by atoms with Gasteiger partial charge in [0, 0.05) is 65.4 Å². The van der Waals surface area contributed by atoms with Crippen LogP contribution in [-0.4, -0.2) is 16.1 Å². The van der Waals surface area contributed by atoms with Crippen molar-refractivity contribution in [2.45, 2.75) is 51.0 Å². The fourth-order valence-electron chi connectivity index (χ4n) is 5.57. The molecule has 4 nitrogen and oxygen atoms in total. The number of ether oxygens (including phenoxy) is 1. The van der Waals surface area contributed by atoms with Gasteiger partial charge in [-0.1, -0.05) is 36.4 Å². The van der Waals surface area contributed by atoms with Crippen LogP contribution in [-0.2, 0) is 20.9 Å². The lowest BCUT2D eigenvalue weighted by Crippen LogP contribution is -2.30. The zero-order valence-corrected chi connectivity index (χ0v) is 18.3. The molecule has 0 bridgehead atoms. The number of hydrogen-bond donors (Lipinski definition) is 0. The first-order valence-electron chi connectivity index (χ1n) is 11.6. The maximum atomic E-state index is 14.4. The number of aromatic nitrogens is 1. The van der Waals surface area contributed by atoms with E-state index in [9.17, 15) is 14.0 Å². The second kappa shape index (κ2) is 7.84. The highest BCUT2D eigenvalue weighted by Crippen LogP contribution is 2.49. The number of fused-ring (bicyclic) bond motifs is 1. The number of carbonyl (C=O) groups is 2. The fraction of sp³-hybridized carbons (Fsp3) is 0.286. The van der Waals surface area contributed by atoms with Crippen molar-refractivity contribution in [3.63, 3.8) is 0 Å². The fourth-order valence-corrected chi connectivity index (χ4v) is 5.57. The van der Waals surface area contributed by atoms with Gasteiger partial charge in [0.25, 0.3) is 0 Å². The molecule has 2 aromatic carbocycles. The minimum Gasteiger partial charge on any atom is -0.465 e. The zero-order chi connectivity index (χ0) is 22.5. The number of halogens is 1. The molecule has 2 aliphatic carbocycles. The second-order valence-corrected chi connectivity index (χ2v) is 9.08. The van der Waals surface area contributed by atoms with Crippen LogP contribution in [0.25, 0.3) is 10.9 Å². The Kier molecular flexibility index (Phi) is 4.79. The molecule has 3 aliphatic rings. The van der Waals surface area contributed by atoms with Crippen molar-refractivity contribution >= 4 is 22.5 Å². The number of rotatable bonds is 3. The minimum absolute atomic E-state index is 0.0668. The normalized spacial score (nSPS) is 19.1. The van der Waals surface area contributed by atoms with Gasteiger partial charge in [-0.25, -0.2) is 4.39 Å². The van der Waals surface area contributed by atoms with Gasteiger partial charge in [0.2, 0.25) is 0 Å². The molecule has 0 saturated heterocycles. The number of carbonyl (C=O) groups excluding carboxylic acids is 2. The molecule has 0 saturated carbocycles. The summed E-state index contributed by atoms with van der Waals surface area (Å²) in [5.41, 5.74) is 3.76. The summed E-state index contributed by atoms with van der Waals surface area (Å²) in [6.45, 7) is 0.371. The maximum absolute atomic E-state index is 14.4. The molecule has 2 heterocycles. The average Bonchev–Trinajstić information content (AvgIpc) is 3.18. The summed E-state index contributed by atoms with van der Waals surface area (Å²) < 4.78 is 22.7. The van der Waals surface area contributed by atoms with Crippen LogP contribution in [0.2, 0.25) is 0 Å². The topological polar surface area (TPSA) is 48.3 Å². The van der Waals surface area contributed by atoms with E-state index < -0.39 is 5.92 Å². The molecule has 1 aromatic heterocycles. The van der Waals surface area contributed by atoms with Crippen LogP contribution in [0.4, 0.5) is 4.39 Å². The standard InChI is InChI=1S/C28H24FNO3/c29-20-9-3-1-7-17(20)15-30-16-19(18-8-2-4-10-21(18)30)26-27-22(31)11-5-13-24(27)33-25-14-6-12-23(32)28(25)26/h1-4,7-10,16,26H,5-6,11-15H2. The van der Waals surface area contributed by atoms with Crippen molar-refractivity contribution in [3.05, 3.63) is 94.3 Å². The number of nitrogens with zero attached hydrogens (tertiary/aromatic N) is 1. The van der Waals surface area contributed by atoms with Gasteiger partial charge >= 0.3 is 0 Å². The second-order valence-electron chi connectivity index (χ2n) is 9.08. The van der Waals surface area contributed by atoms with E-state index >= 15 is 0 Å². The quantitative estimate of drug-likeness (QED) is 0.504. The molecule has 0 spiro atoms. The van der Waals surface area contributed by atoms with Gasteiger partial charge in [0.05, 0.1) is 6.54 Å². The third kappa shape index (κ3) is 3.26. The smallest absolute Gasteiger partial charge is 0.163 e. The van der Waals surface area contributed by atoms with Gasteiger partial charge in [-0.05, 0) is 30.5 Å². The number of hydrogen-bond acceptors (Lipinski definition) is 3. The van der Waals surface area contributed by atoms with E-state index in [1.54, 1.807) is 12.1 Å². The molecule has 0 atom stereocenters. The van der Waals surface area contributed by atoms with E-state index in [0.29, 0.717) is 36.1 Å². The van der Waals surface area contributed by atoms with Gasteiger partial charge in [0.15, 0.2) is 11.6 Å². The Morgan fingerprint density at radius 3 is 2.18 bits per heavy atom. The van der Waals surface area contributed by atoms with E-state index in [4.69, 9.17) is 4.74 Å². The first kappa shape index (κ1) is 20.2. The van der Waals surface area contributed by atoms with Crippen LogP contribution in [0, 0.1) is 5.82 Å². The van der Waals surface area contributed by atoms with Crippen LogP contribution >= 0.6 is 0 Å². The molecule has 0 amide bonds. The van der Waals surface area contributed by atoms with E-state index in [1.807, 2.05) is 41.1 Å². The monoisotopic (exact) mass is 441 g/mol. The van der Waals surface area contributed by atoms with Gasteiger partial charge in [-0.15, -0.1) is 0 Å². The van der Waals surface area contributed by atoms with Crippen molar-refractivity contribution in [1.29, 1.82) is 0 Å². The molecule has 0 unspecified atom stereocenters. The Labute approximate surface area is 191 Å². The van der Waals surface area contributed by atoms with Crippen LogP contribution in [0.5, 0.6) is 0 Å². The summed E-state index contributed by atoms with van der Waals surface area (Å²) in [6.07, 6.45) is 5.94. The van der Waals surface area contributed by atoms with Gasteiger partial charge < -0.3 is 9.30 Å². The molecule has 0 fully saturated rings. The van der Waals surface area contributed by atoms with Crippen LogP contribution in [0.3, 0.4) is 0 Å². The molecule has 166 valence electrons. The predicted molar refractivity (Wildman–Crippen MR) is 123 cm³/mol. The van der Waals surface area contributed by atoms with Crippen LogP contribution < -0.4 is 0 Å². The van der Waals surface area contributed by atoms with Gasteiger partial charge in [0.1, 0.15) is 17.3 Å². The molecule has 33 heavy (non-hydrogen) atoms. The average molecular weight is 442 g/mol. The van der Waals surface area contributed by atoms with Gasteiger partial charge in [-0.2, -0.15) is 0 Å². The number of para-hydroxylation sites is 1. The highest BCUT2D eigenvalue weighted by Gasteiger charge is 2.42. The van der Waals surface area contributed by atoms with Crippen molar-refractivity contribution in [3.8, 4) is 0 Å². The van der Waals surface area contributed by atoms with E-state index in [1.165, 1.54) is 6.07 Å². The molecule has 1 aliphatic heterocycles. The van der Waals surface area contributed by atoms with E-state index in [-0.39, 0.29) is 17.4 Å². The third-order valence-corrected chi connectivity index (χ3v) is 7.07. The van der Waals surface area contributed by atoms with E-state index in [2.05, 4.69) is 0 Å². The molecule has 0 N–H and O–H groups in total. The number of benzene rings is 2. The van der Waals surface area contributed by atoms with Crippen molar-refractivity contribution in [1.82, 2.24) is 4.57 Å². The number of Topliss-reactive ketones (excluding diaryl/α,β-unsaturated/α-hetero) is 2. The zero-order valence-electron chi connectivity index (χ0n) is 18.3. The summed E-state index contributed by atoms with van der Waals surface area (Å²) in [5, 5.41) is 0.983. The lowest BCUT2D eigenvalue weighted by Gasteiger charge is -2.35. The molecule has 0 radical (unpaired) electrons. The maximum Gasteiger partial charge on any atom is 0.163 e. The largest absolute Gasteiger partial charge is 0.465 e. The number of allylic oxidation sites excluding steroid dienone is 4. The third-order valence-electron chi connectivity index (χ3n) is 7.07. The first-order valence-corrected chi connectivity index (χ1v) is 11.6. The highest BCUT2D eigenvalue weighted by molar-refractivity contribution is 6.07. The SMILES string of the molecule is O=C1CCCC2=C1C(c1cn(Cc3ccccc3F)c3ccccc13)C1=C(CCCC1=O)O2. The summed E-state index contributed by atoms with van der Waals surface area (Å²) in [5.74, 6) is 0.930. The highest BCUT2D eigenvalue weighted by atomic mass is 19.1. The Morgan fingerprint density at radius 2 is 1.48 bits per heavy atom. The summed E-state index contributed by atoms with van der Waals surface area (Å²) in [6, 6.07) is 14.7. The summed E-state index contributed by atoms with van der Waals surface area (Å²) in [7, 11) is 0. The predicted octanol–water partition coefficient (Wildman–Crippen LogP) is 5.96. The minimum atomic E-state index is -0.420. The molecule has 6 rings (SSSR count). The Morgan fingerprint density at radius 1 is 0.848 bits per heavy atom. The number of ketones is 2. The lowest BCUT2D eigenvalue weighted by molar-refractivity contribution is -0.117. The lowest BCUT2D eigenvalue weighted by atomic mass is 9.73. The van der Waals surface area contributed by atoms with Crippen molar-refractivity contribution < 1.29 is 18.7 Å². The Bertz CT molecular complexity index is 1330. The van der Waals surface area contributed by atoms with Crippen LogP contribution in [0.15, 0.2) is 77.4 Å². The summed E-state index contributed by atoms with van der Waals surface area (Å²) in [4.78, 5) is 26.3. The Balaban J connectivity index is 1.57. The molecular formula is C28H24FNO3. The van der Waals surface area contributed by atoms with Crippen molar-refractivity contribution in [2.75, 3.05) is 0 Å². The van der Waals surface area contributed by atoms with E-state index in [0.717, 1.165) is 53.7 Å². The van der Waals surface area contributed by atoms with Gasteiger partial charge in [-0.3, -0.25) is 9.59 Å². The van der Waals surface area contributed by atoms with Crippen LogP contribution in [0.1, 0.15) is 55.6 Å². The molecule has 5 heteroatoms. The Hall–Kier alpha value is -3.47.